The fourth-order valence-corrected chi connectivity index (χ4v) is 3.91. The Balaban J connectivity index is 1.96. The number of nitrogens with zero attached hydrogens (tertiary/aromatic N) is 1. The second kappa shape index (κ2) is 6.83. The Bertz CT molecular complexity index is 599. The molecule has 0 radical (unpaired) electrons. The average Bonchev–Trinajstić information content (AvgIpc) is 2.45. The molecule has 3 N–H and O–H groups in total. The molecule has 1 heterocycles. The standard InChI is InChI=1S/C14H21N3O2S2/c1-11-3-2-8-17(10-11)21(18,19)16-9-12-4-6-13(7-5-12)14(15)20/h4-7,11,16H,2-3,8-10H2,1H3,(H2,15,20). The van der Waals surface area contributed by atoms with Crippen LogP contribution < -0.4 is 10.5 Å². The summed E-state index contributed by atoms with van der Waals surface area (Å²) in [7, 11) is -3.41. The summed E-state index contributed by atoms with van der Waals surface area (Å²) >= 11 is 4.89. The molecular formula is C14H21N3O2S2. The predicted molar refractivity (Wildman–Crippen MR) is 88.1 cm³/mol. The number of piperidine rings is 1. The van der Waals surface area contributed by atoms with Gasteiger partial charge in [0.25, 0.3) is 10.2 Å². The largest absolute Gasteiger partial charge is 0.389 e. The third-order valence-electron chi connectivity index (χ3n) is 3.66. The number of hydrogen-bond acceptors (Lipinski definition) is 3. The van der Waals surface area contributed by atoms with E-state index in [0.717, 1.165) is 24.0 Å². The second-order valence-electron chi connectivity index (χ2n) is 5.49. The molecule has 0 spiro atoms. The second-order valence-corrected chi connectivity index (χ2v) is 7.69. The smallest absolute Gasteiger partial charge is 0.279 e. The number of nitrogens with one attached hydrogen (secondary N) is 1. The van der Waals surface area contributed by atoms with Crippen LogP contribution in [0.3, 0.4) is 0 Å². The van der Waals surface area contributed by atoms with E-state index in [1.165, 1.54) is 4.31 Å². The van der Waals surface area contributed by atoms with E-state index >= 15 is 0 Å². The summed E-state index contributed by atoms with van der Waals surface area (Å²) in [6.45, 7) is 3.54. The summed E-state index contributed by atoms with van der Waals surface area (Å²) < 4.78 is 28.7. The Hall–Kier alpha value is -1.02. The van der Waals surface area contributed by atoms with Gasteiger partial charge < -0.3 is 5.73 Å². The van der Waals surface area contributed by atoms with Gasteiger partial charge in [-0.15, -0.1) is 0 Å². The Morgan fingerprint density at radius 3 is 2.67 bits per heavy atom. The molecule has 1 aromatic carbocycles. The molecule has 0 aliphatic carbocycles. The average molecular weight is 327 g/mol. The number of benzene rings is 1. The highest BCUT2D eigenvalue weighted by atomic mass is 32.2. The SMILES string of the molecule is CC1CCCN(S(=O)(=O)NCc2ccc(C(N)=S)cc2)C1. The first-order chi connectivity index (χ1) is 9.88. The lowest BCUT2D eigenvalue weighted by Crippen LogP contribution is -2.45. The number of hydrogen-bond donors (Lipinski definition) is 2. The third-order valence-corrected chi connectivity index (χ3v) is 5.41. The lowest BCUT2D eigenvalue weighted by Gasteiger charge is -2.30. The van der Waals surface area contributed by atoms with E-state index < -0.39 is 10.2 Å². The Morgan fingerprint density at radius 1 is 1.43 bits per heavy atom. The van der Waals surface area contributed by atoms with Crippen molar-refractivity contribution < 1.29 is 8.42 Å². The van der Waals surface area contributed by atoms with Crippen LogP contribution in [0, 0.1) is 5.92 Å². The predicted octanol–water partition coefficient (Wildman–Crippen LogP) is 1.39. The molecule has 7 heteroatoms. The van der Waals surface area contributed by atoms with Gasteiger partial charge in [-0.25, -0.2) is 0 Å². The quantitative estimate of drug-likeness (QED) is 0.801. The normalized spacial score (nSPS) is 20.3. The van der Waals surface area contributed by atoms with E-state index in [4.69, 9.17) is 18.0 Å². The zero-order valence-corrected chi connectivity index (χ0v) is 13.7. The van der Waals surface area contributed by atoms with Gasteiger partial charge in [0.15, 0.2) is 0 Å². The highest BCUT2D eigenvalue weighted by Crippen LogP contribution is 2.17. The molecule has 0 amide bonds. The van der Waals surface area contributed by atoms with Crippen LogP contribution >= 0.6 is 12.2 Å². The van der Waals surface area contributed by atoms with Crippen molar-refractivity contribution in [3.05, 3.63) is 35.4 Å². The highest BCUT2D eigenvalue weighted by Gasteiger charge is 2.26. The van der Waals surface area contributed by atoms with Gasteiger partial charge in [0.2, 0.25) is 0 Å². The molecule has 5 nitrogen and oxygen atoms in total. The molecule has 116 valence electrons. The molecule has 1 fully saturated rings. The summed E-state index contributed by atoms with van der Waals surface area (Å²) in [5.41, 5.74) is 7.19. The van der Waals surface area contributed by atoms with Crippen molar-refractivity contribution in [2.45, 2.75) is 26.3 Å². The Kier molecular flexibility index (Phi) is 5.32. The van der Waals surface area contributed by atoms with Gasteiger partial charge in [0, 0.05) is 25.2 Å². The van der Waals surface area contributed by atoms with Crippen LogP contribution in [0.4, 0.5) is 0 Å². The zero-order chi connectivity index (χ0) is 15.5. The molecule has 1 unspecified atom stereocenters. The Morgan fingerprint density at radius 2 is 2.10 bits per heavy atom. The molecule has 1 aromatic rings. The van der Waals surface area contributed by atoms with E-state index in [1.807, 2.05) is 12.1 Å². The molecule has 1 atom stereocenters. The maximum Gasteiger partial charge on any atom is 0.279 e. The van der Waals surface area contributed by atoms with Gasteiger partial charge in [-0.2, -0.15) is 17.4 Å². The van der Waals surface area contributed by atoms with Gasteiger partial charge in [0.1, 0.15) is 4.99 Å². The molecule has 0 bridgehead atoms. The van der Waals surface area contributed by atoms with Crippen molar-refractivity contribution in [1.29, 1.82) is 0 Å². The first-order valence-corrected chi connectivity index (χ1v) is 8.87. The van der Waals surface area contributed by atoms with Crippen LogP contribution in [0.5, 0.6) is 0 Å². The van der Waals surface area contributed by atoms with Crippen LogP contribution in [0.25, 0.3) is 0 Å². The minimum Gasteiger partial charge on any atom is -0.389 e. The number of nitrogens with two attached hydrogens (primary N) is 1. The van der Waals surface area contributed by atoms with E-state index in [0.29, 0.717) is 24.0 Å². The van der Waals surface area contributed by atoms with E-state index in [9.17, 15) is 8.42 Å². The third kappa shape index (κ3) is 4.47. The van der Waals surface area contributed by atoms with Gasteiger partial charge in [0.05, 0.1) is 0 Å². The lowest BCUT2D eigenvalue weighted by atomic mass is 10.0. The van der Waals surface area contributed by atoms with Crippen LogP contribution in [0.2, 0.25) is 0 Å². The minimum atomic E-state index is -3.41. The molecule has 21 heavy (non-hydrogen) atoms. The van der Waals surface area contributed by atoms with Gasteiger partial charge >= 0.3 is 0 Å². The van der Waals surface area contributed by atoms with Crippen molar-refractivity contribution in [3.63, 3.8) is 0 Å². The van der Waals surface area contributed by atoms with Crippen molar-refractivity contribution in [3.8, 4) is 0 Å². The Labute approximate surface area is 131 Å². The van der Waals surface area contributed by atoms with Crippen LogP contribution in [0.1, 0.15) is 30.9 Å². The molecule has 1 aliphatic rings. The van der Waals surface area contributed by atoms with E-state index in [2.05, 4.69) is 11.6 Å². The number of rotatable bonds is 5. The summed E-state index contributed by atoms with van der Waals surface area (Å²) in [4.78, 5) is 0.337. The van der Waals surface area contributed by atoms with Crippen molar-refractivity contribution >= 4 is 27.4 Å². The van der Waals surface area contributed by atoms with Gasteiger partial charge in [-0.05, 0) is 24.3 Å². The van der Waals surface area contributed by atoms with Crippen molar-refractivity contribution in [2.75, 3.05) is 13.1 Å². The molecule has 1 aliphatic heterocycles. The van der Waals surface area contributed by atoms with Crippen molar-refractivity contribution in [1.82, 2.24) is 9.03 Å². The maximum atomic E-state index is 12.3. The molecule has 0 aromatic heterocycles. The molecule has 0 saturated carbocycles. The first-order valence-electron chi connectivity index (χ1n) is 7.02. The number of thiocarbonyl (C=S) groups is 1. The van der Waals surface area contributed by atoms with Crippen LogP contribution in [-0.4, -0.2) is 30.8 Å². The van der Waals surface area contributed by atoms with Crippen LogP contribution in [-0.2, 0) is 16.8 Å². The molecule has 2 rings (SSSR count). The molecular weight excluding hydrogens is 306 g/mol. The topological polar surface area (TPSA) is 75.4 Å². The lowest BCUT2D eigenvalue weighted by molar-refractivity contribution is 0.278. The summed E-state index contributed by atoms with van der Waals surface area (Å²) in [6, 6.07) is 7.26. The van der Waals surface area contributed by atoms with Gasteiger partial charge in [-0.1, -0.05) is 43.4 Å². The van der Waals surface area contributed by atoms with Crippen LogP contribution in [0.15, 0.2) is 24.3 Å². The van der Waals surface area contributed by atoms with Crippen molar-refractivity contribution in [2.24, 2.45) is 11.7 Å². The van der Waals surface area contributed by atoms with Gasteiger partial charge in [-0.3, -0.25) is 0 Å². The zero-order valence-electron chi connectivity index (χ0n) is 12.1. The highest BCUT2D eigenvalue weighted by molar-refractivity contribution is 7.87. The first kappa shape index (κ1) is 16.4. The minimum absolute atomic E-state index is 0.269. The summed E-state index contributed by atoms with van der Waals surface area (Å²) in [6.07, 6.45) is 2.01. The maximum absolute atomic E-state index is 12.3. The molecule has 1 saturated heterocycles. The van der Waals surface area contributed by atoms with E-state index in [-0.39, 0.29) is 6.54 Å². The fourth-order valence-electron chi connectivity index (χ4n) is 2.42. The summed E-state index contributed by atoms with van der Waals surface area (Å²) in [5, 5.41) is 0. The summed E-state index contributed by atoms with van der Waals surface area (Å²) in [5.74, 6) is 0.417. The fraction of sp³-hybridized carbons (Fsp3) is 0.500. The monoisotopic (exact) mass is 327 g/mol. The van der Waals surface area contributed by atoms with E-state index in [1.54, 1.807) is 12.1 Å².